The van der Waals surface area contributed by atoms with E-state index >= 15 is 0 Å². The van der Waals surface area contributed by atoms with Gasteiger partial charge in [0.25, 0.3) is 0 Å². The Balaban J connectivity index is 4.03. The van der Waals surface area contributed by atoms with Crippen LogP contribution in [0.3, 0.4) is 0 Å². The highest BCUT2D eigenvalue weighted by Gasteiger charge is 1.77. The number of rotatable bonds is 3. The summed E-state index contributed by atoms with van der Waals surface area (Å²) >= 11 is 0. The van der Waals surface area contributed by atoms with Gasteiger partial charge in [0.05, 0.1) is 0 Å². The zero-order valence-electron chi connectivity index (χ0n) is 7.46. The first-order valence-corrected chi connectivity index (χ1v) is 3.63. The standard InChI is InChI=1S/C10H15N/c1-5-11-10(4)8-6-7-9(2)3/h5-8H,1H2,2-4H3/b8-6-,11-10+. The normalized spacial score (nSPS) is 11.7. The molecule has 60 valence electrons. The molecule has 0 saturated carbocycles. The number of hydrogen-bond acceptors (Lipinski definition) is 1. The van der Waals surface area contributed by atoms with Gasteiger partial charge in [-0.15, -0.1) is 0 Å². The second kappa shape index (κ2) is 5.66. The lowest BCUT2D eigenvalue weighted by Crippen LogP contribution is -1.80. The predicted octanol–water partition coefficient (Wildman–Crippen LogP) is 3.11. The van der Waals surface area contributed by atoms with Gasteiger partial charge in [-0.2, -0.15) is 0 Å². The number of aliphatic imine (C=N–C) groups is 1. The molecular formula is C10H15N. The van der Waals surface area contributed by atoms with Gasteiger partial charge < -0.3 is 0 Å². The topological polar surface area (TPSA) is 12.4 Å². The Kier molecular flexibility index (Phi) is 5.09. The molecule has 0 unspecified atom stereocenters. The summed E-state index contributed by atoms with van der Waals surface area (Å²) in [5.41, 5.74) is 2.25. The summed E-state index contributed by atoms with van der Waals surface area (Å²) in [6, 6.07) is 0. The van der Waals surface area contributed by atoms with Crippen LogP contribution in [0.1, 0.15) is 20.8 Å². The van der Waals surface area contributed by atoms with Crippen molar-refractivity contribution in [2.24, 2.45) is 4.99 Å². The van der Waals surface area contributed by atoms with Crippen molar-refractivity contribution in [3.05, 3.63) is 36.6 Å². The molecule has 0 aromatic carbocycles. The maximum atomic E-state index is 3.99. The molecular weight excluding hydrogens is 134 g/mol. The maximum Gasteiger partial charge on any atom is 0.0372 e. The van der Waals surface area contributed by atoms with E-state index in [1.54, 1.807) is 6.20 Å². The SMILES string of the molecule is C=C/N=C(C)/C=C\C=C(C)C. The van der Waals surface area contributed by atoms with Gasteiger partial charge in [-0.25, -0.2) is 0 Å². The van der Waals surface area contributed by atoms with Gasteiger partial charge in [-0.3, -0.25) is 4.99 Å². The molecule has 0 atom stereocenters. The lowest BCUT2D eigenvalue weighted by molar-refractivity contribution is 1.39. The Morgan fingerprint density at radius 3 is 2.36 bits per heavy atom. The zero-order chi connectivity index (χ0) is 8.69. The summed E-state index contributed by atoms with van der Waals surface area (Å²) in [4.78, 5) is 3.99. The zero-order valence-corrected chi connectivity index (χ0v) is 7.46. The molecule has 0 rings (SSSR count). The van der Waals surface area contributed by atoms with Crippen LogP contribution < -0.4 is 0 Å². The van der Waals surface area contributed by atoms with Crippen LogP contribution in [0.25, 0.3) is 0 Å². The highest BCUT2D eigenvalue weighted by atomic mass is 14.7. The van der Waals surface area contributed by atoms with Crippen LogP contribution in [0, 0.1) is 0 Å². The molecule has 0 amide bonds. The summed E-state index contributed by atoms with van der Waals surface area (Å²) in [6.07, 6.45) is 7.52. The van der Waals surface area contributed by atoms with Crippen molar-refractivity contribution < 1.29 is 0 Å². The molecule has 0 bridgehead atoms. The highest BCUT2D eigenvalue weighted by Crippen LogP contribution is 1.90. The lowest BCUT2D eigenvalue weighted by atomic mass is 10.3. The largest absolute Gasteiger partial charge is 0.262 e. The molecule has 0 heterocycles. The molecule has 0 saturated heterocycles. The molecule has 0 aliphatic rings. The van der Waals surface area contributed by atoms with Crippen LogP contribution in [0.4, 0.5) is 0 Å². The minimum atomic E-state index is 0.970. The van der Waals surface area contributed by atoms with Crippen molar-refractivity contribution >= 4 is 5.71 Å². The summed E-state index contributed by atoms with van der Waals surface area (Å²) in [7, 11) is 0. The summed E-state index contributed by atoms with van der Waals surface area (Å²) in [5.74, 6) is 0. The second-order valence-electron chi connectivity index (χ2n) is 2.56. The van der Waals surface area contributed by atoms with Gasteiger partial charge in [0.1, 0.15) is 0 Å². The fourth-order valence-corrected chi connectivity index (χ4v) is 0.567. The molecule has 1 heteroatoms. The Labute approximate surface area is 68.9 Å². The Hall–Kier alpha value is -1.11. The van der Waals surface area contributed by atoms with Gasteiger partial charge in [-0.1, -0.05) is 24.3 Å². The minimum absolute atomic E-state index is 0.970. The van der Waals surface area contributed by atoms with Gasteiger partial charge in [0.15, 0.2) is 0 Å². The molecule has 0 aliphatic heterocycles. The number of allylic oxidation sites excluding steroid dienone is 4. The first-order valence-electron chi connectivity index (χ1n) is 3.63. The van der Waals surface area contributed by atoms with E-state index in [9.17, 15) is 0 Å². The summed E-state index contributed by atoms with van der Waals surface area (Å²) < 4.78 is 0. The average molecular weight is 149 g/mol. The van der Waals surface area contributed by atoms with E-state index in [1.165, 1.54) is 5.57 Å². The van der Waals surface area contributed by atoms with Crippen molar-refractivity contribution in [2.45, 2.75) is 20.8 Å². The fourth-order valence-electron chi connectivity index (χ4n) is 0.567. The van der Waals surface area contributed by atoms with E-state index in [4.69, 9.17) is 0 Å². The third-order valence-electron chi connectivity index (χ3n) is 1.06. The Bertz CT molecular complexity index is 203. The van der Waals surface area contributed by atoms with E-state index < -0.39 is 0 Å². The van der Waals surface area contributed by atoms with Crippen LogP contribution in [-0.4, -0.2) is 5.71 Å². The molecule has 0 spiro atoms. The van der Waals surface area contributed by atoms with Crippen molar-refractivity contribution in [1.29, 1.82) is 0 Å². The van der Waals surface area contributed by atoms with Crippen molar-refractivity contribution in [2.75, 3.05) is 0 Å². The summed E-state index contributed by atoms with van der Waals surface area (Å²) in [6.45, 7) is 9.57. The highest BCUT2D eigenvalue weighted by molar-refractivity contribution is 5.93. The van der Waals surface area contributed by atoms with Crippen molar-refractivity contribution in [1.82, 2.24) is 0 Å². The van der Waals surface area contributed by atoms with Crippen molar-refractivity contribution in [3.8, 4) is 0 Å². The fraction of sp³-hybridized carbons (Fsp3) is 0.300. The second-order valence-corrected chi connectivity index (χ2v) is 2.56. The van der Waals surface area contributed by atoms with Crippen LogP contribution in [0.2, 0.25) is 0 Å². The van der Waals surface area contributed by atoms with Gasteiger partial charge >= 0.3 is 0 Å². The number of hydrogen-bond donors (Lipinski definition) is 0. The van der Waals surface area contributed by atoms with Crippen LogP contribution in [0.15, 0.2) is 41.6 Å². The molecule has 11 heavy (non-hydrogen) atoms. The smallest absolute Gasteiger partial charge is 0.0372 e. The van der Waals surface area contributed by atoms with E-state index in [-0.39, 0.29) is 0 Å². The molecule has 0 fully saturated rings. The Morgan fingerprint density at radius 1 is 1.27 bits per heavy atom. The first-order chi connectivity index (χ1) is 5.16. The third kappa shape index (κ3) is 6.78. The summed E-state index contributed by atoms with van der Waals surface area (Å²) in [5, 5.41) is 0. The van der Waals surface area contributed by atoms with Crippen LogP contribution in [-0.2, 0) is 0 Å². The van der Waals surface area contributed by atoms with Crippen LogP contribution in [0.5, 0.6) is 0 Å². The van der Waals surface area contributed by atoms with Gasteiger partial charge in [0.2, 0.25) is 0 Å². The maximum absolute atomic E-state index is 3.99. The average Bonchev–Trinajstić information content (AvgIpc) is 1.87. The molecule has 0 aromatic rings. The van der Waals surface area contributed by atoms with Crippen molar-refractivity contribution in [3.63, 3.8) is 0 Å². The Morgan fingerprint density at radius 2 is 1.91 bits per heavy atom. The van der Waals surface area contributed by atoms with Gasteiger partial charge in [-0.05, 0) is 26.8 Å². The lowest BCUT2D eigenvalue weighted by Gasteiger charge is -1.85. The quantitative estimate of drug-likeness (QED) is 0.432. The molecule has 0 aliphatic carbocycles. The molecule has 0 radical (unpaired) electrons. The third-order valence-corrected chi connectivity index (χ3v) is 1.06. The molecule has 1 nitrogen and oxygen atoms in total. The molecule has 0 aromatic heterocycles. The van der Waals surface area contributed by atoms with E-state index in [0.717, 1.165) is 5.71 Å². The van der Waals surface area contributed by atoms with Gasteiger partial charge in [0, 0.05) is 11.9 Å². The number of nitrogens with zero attached hydrogens (tertiary/aromatic N) is 1. The first kappa shape index (κ1) is 9.89. The van der Waals surface area contributed by atoms with E-state index in [0.29, 0.717) is 0 Å². The van der Waals surface area contributed by atoms with Crippen LogP contribution >= 0.6 is 0 Å². The molecule has 0 N–H and O–H groups in total. The predicted molar refractivity (Wildman–Crippen MR) is 51.9 cm³/mol. The minimum Gasteiger partial charge on any atom is -0.262 e. The van der Waals surface area contributed by atoms with E-state index in [1.807, 2.05) is 25.2 Å². The monoisotopic (exact) mass is 149 g/mol. The van der Waals surface area contributed by atoms with E-state index in [2.05, 4.69) is 25.4 Å².